The highest BCUT2D eigenvalue weighted by atomic mass is 32.2. The number of ether oxygens (including phenoxy) is 1. The topological polar surface area (TPSA) is 93.0 Å². The number of hydrogen-bond acceptors (Lipinski definition) is 5. The minimum Gasteiger partial charge on any atom is -0.497 e. The van der Waals surface area contributed by atoms with E-state index < -0.39 is 22.5 Å². The summed E-state index contributed by atoms with van der Waals surface area (Å²) in [5.41, 5.74) is 9.10. The van der Waals surface area contributed by atoms with E-state index in [1.54, 1.807) is 48.7 Å². The molecule has 1 heterocycles. The first-order chi connectivity index (χ1) is 18.6. The molecule has 39 heavy (non-hydrogen) atoms. The van der Waals surface area contributed by atoms with Gasteiger partial charge in [0.25, 0.3) is 15.9 Å². The van der Waals surface area contributed by atoms with Crippen molar-refractivity contribution in [3.05, 3.63) is 107 Å². The van der Waals surface area contributed by atoms with Crippen molar-refractivity contribution in [2.45, 2.75) is 32.6 Å². The van der Waals surface area contributed by atoms with E-state index in [9.17, 15) is 13.2 Å². The second kappa shape index (κ2) is 11.6. The number of nitrogens with zero attached hydrogens (tertiary/aromatic N) is 3. The van der Waals surface area contributed by atoms with Gasteiger partial charge in [0.05, 0.1) is 23.9 Å². The molecule has 0 saturated heterocycles. The molecule has 0 unspecified atom stereocenters. The molecule has 0 saturated carbocycles. The van der Waals surface area contributed by atoms with Crippen molar-refractivity contribution in [3.63, 3.8) is 0 Å². The lowest BCUT2D eigenvalue weighted by atomic mass is 10.1. The zero-order valence-electron chi connectivity index (χ0n) is 22.7. The Hall–Kier alpha value is -4.37. The van der Waals surface area contributed by atoms with Crippen molar-refractivity contribution < 1.29 is 17.9 Å². The molecule has 0 bridgehead atoms. The monoisotopic (exact) mass is 544 g/mol. The molecule has 0 atom stereocenters. The SMILES string of the molecule is COc1ccc(N(CC(=O)N/N=C\c2cc(C)n(-c3ccc(C)cc3C)c2C)S(=O)(=O)c2ccccc2)cc1. The number of hydrazone groups is 1. The van der Waals surface area contributed by atoms with Crippen molar-refractivity contribution in [3.8, 4) is 11.4 Å². The summed E-state index contributed by atoms with van der Waals surface area (Å²) < 4.78 is 35.3. The van der Waals surface area contributed by atoms with E-state index in [0.717, 1.165) is 32.5 Å². The number of nitrogens with one attached hydrogen (secondary N) is 1. The van der Waals surface area contributed by atoms with Gasteiger partial charge in [-0.25, -0.2) is 13.8 Å². The third-order valence-corrected chi connectivity index (χ3v) is 8.22. The maximum Gasteiger partial charge on any atom is 0.264 e. The van der Waals surface area contributed by atoms with E-state index in [0.29, 0.717) is 11.4 Å². The van der Waals surface area contributed by atoms with E-state index in [4.69, 9.17) is 4.74 Å². The molecule has 0 fully saturated rings. The molecule has 8 nitrogen and oxygen atoms in total. The Morgan fingerprint density at radius 2 is 1.67 bits per heavy atom. The Bertz CT molecular complexity index is 1610. The van der Waals surface area contributed by atoms with Gasteiger partial charge < -0.3 is 9.30 Å². The molecule has 0 aliphatic carbocycles. The van der Waals surface area contributed by atoms with Crippen molar-refractivity contribution in [1.29, 1.82) is 0 Å². The molecule has 0 spiro atoms. The summed E-state index contributed by atoms with van der Waals surface area (Å²) in [6.07, 6.45) is 1.57. The number of hydrogen-bond donors (Lipinski definition) is 1. The molecule has 0 radical (unpaired) electrons. The fourth-order valence-electron chi connectivity index (χ4n) is 4.47. The summed E-state index contributed by atoms with van der Waals surface area (Å²) in [5.74, 6) is -0.00643. The van der Waals surface area contributed by atoms with Crippen molar-refractivity contribution in [2.75, 3.05) is 18.0 Å². The predicted molar refractivity (Wildman–Crippen MR) is 154 cm³/mol. The van der Waals surface area contributed by atoms with Gasteiger partial charge >= 0.3 is 0 Å². The highest BCUT2D eigenvalue weighted by molar-refractivity contribution is 7.92. The highest BCUT2D eigenvalue weighted by Gasteiger charge is 2.27. The molecule has 9 heteroatoms. The van der Waals surface area contributed by atoms with Crippen LogP contribution in [-0.4, -0.2) is 38.8 Å². The Kier molecular flexibility index (Phi) is 8.21. The van der Waals surface area contributed by atoms with Crippen LogP contribution in [0.5, 0.6) is 5.75 Å². The summed E-state index contributed by atoms with van der Waals surface area (Å²) in [5, 5.41) is 4.14. The van der Waals surface area contributed by atoms with Crippen LogP contribution < -0.4 is 14.5 Å². The number of anilines is 1. The lowest BCUT2D eigenvalue weighted by Crippen LogP contribution is -2.39. The molecule has 1 N–H and O–H groups in total. The third-order valence-electron chi connectivity index (χ3n) is 6.44. The first-order valence-electron chi connectivity index (χ1n) is 12.4. The van der Waals surface area contributed by atoms with E-state index in [1.165, 1.54) is 24.8 Å². The number of amides is 1. The number of carbonyl (C=O) groups excluding carboxylic acids is 1. The number of aryl methyl sites for hydroxylation is 3. The molecular formula is C30H32N4O4S. The molecule has 0 aliphatic heterocycles. The van der Waals surface area contributed by atoms with Crippen molar-refractivity contribution in [1.82, 2.24) is 9.99 Å². The van der Waals surface area contributed by atoms with Gasteiger partial charge in [0.2, 0.25) is 0 Å². The average molecular weight is 545 g/mol. The minimum absolute atomic E-state index is 0.0796. The standard InChI is InChI=1S/C30H32N4O4S/c1-21-11-16-29(22(2)17-21)34-23(3)18-25(24(34)4)19-31-32-30(35)20-33(26-12-14-27(38-5)15-13-26)39(36,37)28-9-7-6-8-10-28/h6-19H,20H2,1-5H3,(H,32,35)/b31-19-. The molecular weight excluding hydrogens is 512 g/mol. The number of aromatic nitrogens is 1. The number of carbonyl (C=O) groups is 1. The third kappa shape index (κ3) is 6.04. The normalized spacial score (nSPS) is 11.5. The number of methoxy groups -OCH3 is 1. The Labute approximate surface area is 229 Å². The fraction of sp³-hybridized carbons (Fsp3) is 0.200. The van der Waals surface area contributed by atoms with Crippen molar-refractivity contribution >= 4 is 27.8 Å². The van der Waals surface area contributed by atoms with Crippen LogP contribution in [0.4, 0.5) is 5.69 Å². The van der Waals surface area contributed by atoms with Gasteiger partial charge in [0.1, 0.15) is 12.3 Å². The molecule has 1 aromatic heterocycles. The molecule has 0 aliphatic rings. The lowest BCUT2D eigenvalue weighted by molar-refractivity contribution is -0.119. The minimum atomic E-state index is -4.02. The molecule has 4 aromatic rings. The van der Waals surface area contributed by atoms with Crippen LogP contribution in [0.15, 0.2) is 88.9 Å². The van der Waals surface area contributed by atoms with Crippen LogP contribution in [0.2, 0.25) is 0 Å². The van der Waals surface area contributed by atoms with Gasteiger partial charge in [-0.15, -0.1) is 0 Å². The first-order valence-corrected chi connectivity index (χ1v) is 13.9. The van der Waals surface area contributed by atoms with Gasteiger partial charge in [0, 0.05) is 22.6 Å². The first kappa shape index (κ1) is 27.7. The van der Waals surface area contributed by atoms with Gasteiger partial charge in [-0.1, -0.05) is 35.9 Å². The summed E-state index contributed by atoms with van der Waals surface area (Å²) in [6.45, 7) is 7.69. The van der Waals surface area contributed by atoms with E-state index in [-0.39, 0.29) is 4.90 Å². The molecule has 3 aromatic carbocycles. The summed E-state index contributed by atoms with van der Waals surface area (Å²) in [7, 11) is -2.49. The van der Waals surface area contributed by atoms with Gasteiger partial charge in [-0.05, 0) is 81.8 Å². The number of sulfonamides is 1. The van der Waals surface area contributed by atoms with Crippen LogP contribution in [-0.2, 0) is 14.8 Å². The summed E-state index contributed by atoms with van der Waals surface area (Å²) >= 11 is 0. The van der Waals surface area contributed by atoms with E-state index >= 15 is 0 Å². The predicted octanol–water partition coefficient (Wildman–Crippen LogP) is 5.07. The molecule has 202 valence electrons. The molecule has 4 rings (SSSR count). The van der Waals surface area contributed by atoms with Crippen molar-refractivity contribution in [2.24, 2.45) is 5.10 Å². The summed E-state index contributed by atoms with van der Waals surface area (Å²) in [6, 6.07) is 22.8. The zero-order valence-corrected chi connectivity index (χ0v) is 23.5. The second-order valence-electron chi connectivity index (χ2n) is 9.27. The second-order valence-corrected chi connectivity index (χ2v) is 11.1. The quantitative estimate of drug-likeness (QED) is 0.235. The fourth-order valence-corrected chi connectivity index (χ4v) is 5.91. The van der Waals surface area contributed by atoms with Gasteiger partial charge in [-0.2, -0.15) is 5.10 Å². The van der Waals surface area contributed by atoms with E-state index in [2.05, 4.69) is 47.1 Å². The lowest BCUT2D eigenvalue weighted by Gasteiger charge is -2.23. The van der Waals surface area contributed by atoms with Crippen LogP contribution in [0, 0.1) is 27.7 Å². The highest BCUT2D eigenvalue weighted by Crippen LogP contribution is 2.26. The van der Waals surface area contributed by atoms with E-state index in [1.807, 2.05) is 19.9 Å². The molecule has 1 amide bonds. The van der Waals surface area contributed by atoms with Gasteiger partial charge in [0.15, 0.2) is 0 Å². The maximum absolute atomic E-state index is 13.5. The van der Waals surface area contributed by atoms with Gasteiger partial charge in [-0.3, -0.25) is 9.10 Å². The van der Waals surface area contributed by atoms with Crippen LogP contribution in [0.25, 0.3) is 5.69 Å². The average Bonchev–Trinajstić information content (AvgIpc) is 3.20. The Morgan fingerprint density at radius 1 is 0.974 bits per heavy atom. The Balaban J connectivity index is 1.55. The smallest absolute Gasteiger partial charge is 0.264 e. The van der Waals surface area contributed by atoms with Crippen LogP contribution in [0.3, 0.4) is 0 Å². The summed E-state index contributed by atoms with van der Waals surface area (Å²) in [4.78, 5) is 13.0. The number of benzene rings is 3. The number of rotatable bonds is 9. The van der Waals surface area contributed by atoms with Crippen LogP contribution >= 0.6 is 0 Å². The largest absolute Gasteiger partial charge is 0.497 e. The van der Waals surface area contributed by atoms with Crippen LogP contribution in [0.1, 0.15) is 28.1 Å². The Morgan fingerprint density at radius 3 is 2.31 bits per heavy atom. The zero-order chi connectivity index (χ0) is 28.2. The maximum atomic E-state index is 13.5.